The van der Waals surface area contributed by atoms with E-state index in [1.165, 1.54) is 5.56 Å². The number of hydrogen-bond acceptors (Lipinski definition) is 5. The SMILES string of the molecule is Cc1cc2nnc(Nc3ccccc3)n2c(SCc2ccccc2)n1. The number of benzene rings is 2. The first kappa shape index (κ1) is 15.7. The molecule has 0 bridgehead atoms. The molecule has 1 N–H and O–H groups in total. The maximum atomic E-state index is 4.70. The second-order valence-corrected chi connectivity index (χ2v) is 6.61. The molecule has 6 heteroatoms. The third-order valence-electron chi connectivity index (χ3n) is 3.73. The lowest BCUT2D eigenvalue weighted by Crippen LogP contribution is -2.02. The number of aryl methyl sites for hydroxylation is 1. The molecular weight excluding hydrogens is 330 g/mol. The Morgan fingerprint density at radius 1 is 0.960 bits per heavy atom. The molecule has 0 aliphatic rings. The molecule has 0 radical (unpaired) electrons. The number of nitrogens with one attached hydrogen (secondary N) is 1. The summed E-state index contributed by atoms with van der Waals surface area (Å²) in [5, 5.41) is 12.8. The number of thioether (sulfide) groups is 1. The van der Waals surface area contributed by atoms with Crippen LogP contribution in [-0.4, -0.2) is 19.6 Å². The number of fused-ring (bicyclic) bond motifs is 1. The highest BCUT2D eigenvalue weighted by molar-refractivity contribution is 7.98. The molecule has 0 saturated carbocycles. The summed E-state index contributed by atoms with van der Waals surface area (Å²) < 4.78 is 1.97. The van der Waals surface area contributed by atoms with E-state index in [-0.39, 0.29) is 0 Å². The Balaban J connectivity index is 1.68. The van der Waals surface area contributed by atoms with Gasteiger partial charge in [0.1, 0.15) is 0 Å². The summed E-state index contributed by atoms with van der Waals surface area (Å²) in [7, 11) is 0. The highest BCUT2D eigenvalue weighted by atomic mass is 32.2. The summed E-state index contributed by atoms with van der Waals surface area (Å²) in [5.41, 5.74) is 3.95. The van der Waals surface area contributed by atoms with E-state index in [1.54, 1.807) is 11.8 Å². The molecule has 0 unspecified atom stereocenters. The van der Waals surface area contributed by atoms with Crippen molar-refractivity contribution in [2.75, 3.05) is 5.32 Å². The van der Waals surface area contributed by atoms with Crippen LogP contribution in [0.5, 0.6) is 0 Å². The second kappa shape index (κ2) is 6.94. The number of anilines is 2. The molecule has 2 heterocycles. The van der Waals surface area contributed by atoms with Gasteiger partial charge in [-0.05, 0) is 24.6 Å². The number of aromatic nitrogens is 4. The molecule has 4 aromatic rings. The van der Waals surface area contributed by atoms with Gasteiger partial charge in [0.15, 0.2) is 10.8 Å². The van der Waals surface area contributed by atoms with Crippen molar-refractivity contribution in [3.05, 3.63) is 78.0 Å². The van der Waals surface area contributed by atoms with E-state index in [9.17, 15) is 0 Å². The van der Waals surface area contributed by atoms with Crippen LogP contribution in [-0.2, 0) is 5.75 Å². The first-order valence-corrected chi connectivity index (χ1v) is 9.00. The van der Waals surface area contributed by atoms with Gasteiger partial charge in [-0.2, -0.15) is 0 Å². The zero-order chi connectivity index (χ0) is 17.1. The molecule has 0 saturated heterocycles. The van der Waals surface area contributed by atoms with E-state index in [4.69, 9.17) is 4.98 Å². The predicted octanol–water partition coefficient (Wildman–Crippen LogP) is 4.47. The first-order valence-electron chi connectivity index (χ1n) is 8.01. The Labute approximate surface area is 150 Å². The zero-order valence-corrected chi connectivity index (χ0v) is 14.6. The van der Waals surface area contributed by atoms with Gasteiger partial charge in [-0.3, -0.25) is 0 Å². The minimum Gasteiger partial charge on any atom is -0.324 e. The van der Waals surface area contributed by atoms with Crippen LogP contribution in [0.25, 0.3) is 5.65 Å². The minimum atomic E-state index is 0.671. The Hall–Kier alpha value is -2.86. The molecule has 0 aliphatic heterocycles. The zero-order valence-electron chi connectivity index (χ0n) is 13.8. The summed E-state index contributed by atoms with van der Waals surface area (Å²) in [5.74, 6) is 1.51. The molecule has 5 nitrogen and oxygen atoms in total. The van der Waals surface area contributed by atoms with Crippen molar-refractivity contribution in [3.63, 3.8) is 0 Å². The van der Waals surface area contributed by atoms with Crippen molar-refractivity contribution in [1.82, 2.24) is 19.6 Å². The first-order chi connectivity index (χ1) is 12.3. The van der Waals surface area contributed by atoms with Crippen molar-refractivity contribution in [1.29, 1.82) is 0 Å². The van der Waals surface area contributed by atoms with Crippen molar-refractivity contribution < 1.29 is 0 Å². The van der Waals surface area contributed by atoms with Gasteiger partial charge in [0.25, 0.3) is 0 Å². The summed E-state index contributed by atoms with van der Waals surface area (Å²) in [6, 6.07) is 22.3. The van der Waals surface area contributed by atoms with Crippen molar-refractivity contribution in [2.24, 2.45) is 0 Å². The molecule has 124 valence electrons. The van der Waals surface area contributed by atoms with Crippen LogP contribution < -0.4 is 5.32 Å². The Morgan fingerprint density at radius 3 is 2.44 bits per heavy atom. The van der Waals surface area contributed by atoms with Crippen LogP contribution in [0.1, 0.15) is 11.3 Å². The summed E-state index contributed by atoms with van der Waals surface area (Å²) >= 11 is 1.68. The molecule has 0 atom stereocenters. The maximum absolute atomic E-state index is 4.70. The monoisotopic (exact) mass is 347 g/mol. The molecule has 2 aromatic carbocycles. The Bertz CT molecular complexity index is 983. The standard InChI is InChI=1S/C19H17N5S/c1-14-12-17-22-23-18(21-16-10-6-3-7-11-16)24(17)19(20-14)25-13-15-8-4-2-5-9-15/h2-12H,13H2,1H3,(H,21,23). The molecule has 0 spiro atoms. The van der Waals surface area contributed by atoms with Gasteiger partial charge in [-0.25, -0.2) is 9.38 Å². The van der Waals surface area contributed by atoms with Gasteiger partial charge in [0.05, 0.1) is 0 Å². The molecule has 0 amide bonds. The fourth-order valence-corrected chi connectivity index (χ4v) is 3.55. The van der Waals surface area contributed by atoms with Crippen LogP contribution in [0.15, 0.2) is 71.9 Å². The average molecular weight is 347 g/mol. The van der Waals surface area contributed by atoms with Gasteiger partial charge in [-0.15, -0.1) is 10.2 Å². The van der Waals surface area contributed by atoms with E-state index < -0.39 is 0 Å². The fourth-order valence-electron chi connectivity index (χ4n) is 2.55. The second-order valence-electron chi connectivity index (χ2n) is 5.66. The lowest BCUT2D eigenvalue weighted by molar-refractivity contribution is 0.881. The number of rotatable bonds is 5. The average Bonchev–Trinajstić information content (AvgIpc) is 3.04. The van der Waals surface area contributed by atoms with E-state index in [0.717, 1.165) is 27.9 Å². The third kappa shape index (κ3) is 3.49. The molecule has 0 fully saturated rings. The minimum absolute atomic E-state index is 0.671. The van der Waals surface area contributed by atoms with Crippen LogP contribution >= 0.6 is 11.8 Å². The van der Waals surface area contributed by atoms with Gasteiger partial charge < -0.3 is 5.32 Å². The lowest BCUT2D eigenvalue weighted by Gasteiger charge is -2.09. The highest BCUT2D eigenvalue weighted by Crippen LogP contribution is 2.26. The number of nitrogens with zero attached hydrogens (tertiary/aromatic N) is 4. The van der Waals surface area contributed by atoms with E-state index >= 15 is 0 Å². The molecule has 0 aliphatic carbocycles. The molecule has 2 aromatic heterocycles. The molecular formula is C19H17N5S. The Kier molecular flexibility index (Phi) is 4.35. The topological polar surface area (TPSA) is 55.1 Å². The molecule has 25 heavy (non-hydrogen) atoms. The van der Waals surface area contributed by atoms with E-state index in [0.29, 0.717) is 5.95 Å². The smallest absolute Gasteiger partial charge is 0.235 e. The summed E-state index contributed by atoms with van der Waals surface area (Å²) in [6.45, 7) is 1.98. The van der Waals surface area contributed by atoms with Gasteiger partial charge in [-0.1, -0.05) is 60.3 Å². The van der Waals surface area contributed by atoms with Crippen molar-refractivity contribution >= 4 is 29.0 Å². The van der Waals surface area contributed by atoms with Crippen molar-refractivity contribution in [3.8, 4) is 0 Å². The summed E-state index contributed by atoms with van der Waals surface area (Å²) in [6.07, 6.45) is 0. The lowest BCUT2D eigenvalue weighted by atomic mass is 10.2. The number of para-hydroxylation sites is 1. The normalized spacial score (nSPS) is 10.9. The molecule has 4 rings (SSSR count). The quantitative estimate of drug-likeness (QED) is 0.426. The van der Waals surface area contributed by atoms with Crippen LogP contribution in [0.4, 0.5) is 11.6 Å². The fraction of sp³-hybridized carbons (Fsp3) is 0.105. The van der Waals surface area contributed by atoms with Gasteiger partial charge in [0, 0.05) is 23.2 Å². The van der Waals surface area contributed by atoms with Crippen molar-refractivity contribution in [2.45, 2.75) is 17.8 Å². The van der Waals surface area contributed by atoms with Crippen LogP contribution in [0.2, 0.25) is 0 Å². The number of hydrogen-bond donors (Lipinski definition) is 1. The van der Waals surface area contributed by atoms with Gasteiger partial charge in [0.2, 0.25) is 5.95 Å². The van der Waals surface area contributed by atoms with Gasteiger partial charge >= 0.3 is 0 Å². The van der Waals surface area contributed by atoms with Crippen LogP contribution in [0, 0.1) is 6.92 Å². The highest BCUT2D eigenvalue weighted by Gasteiger charge is 2.13. The van der Waals surface area contributed by atoms with E-state index in [1.807, 2.05) is 53.8 Å². The Morgan fingerprint density at radius 2 is 1.68 bits per heavy atom. The van der Waals surface area contributed by atoms with Crippen LogP contribution in [0.3, 0.4) is 0 Å². The largest absolute Gasteiger partial charge is 0.324 e. The predicted molar refractivity (Wildman–Crippen MR) is 101 cm³/mol. The summed E-state index contributed by atoms with van der Waals surface area (Å²) in [4.78, 5) is 4.70. The third-order valence-corrected chi connectivity index (χ3v) is 4.74. The van der Waals surface area contributed by atoms with E-state index in [2.05, 4.69) is 39.8 Å². The maximum Gasteiger partial charge on any atom is 0.235 e.